The number of rotatable bonds is 3. The standard InChI is InChI=1S/C13H14F3NO/c1-9(18)12(8-17(2)3)10-5-4-6-11(7-10)13(14,15)16/h4-8H,1-3H3/b12-8+. The van der Waals surface area contributed by atoms with Crippen LogP contribution in [0.2, 0.25) is 0 Å². The summed E-state index contributed by atoms with van der Waals surface area (Å²) in [7, 11) is 3.41. The second-order valence-corrected chi connectivity index (χ2v) is 4.14. The minimum Gasteiger partial charge on any atom is -0.383 e. The molecular formula is C13H14F3NO. The Morgan fingerprint density at radius 2 is 1.89 bits per heavy atom. The molecule has 0 saturated heterocycles. The van der Waals surface area contributed by atoms with Gasteiger partial charge in [0.25, 0.3) is 0 Å². The summed E-state index contributed by atoms with van der Waals surface area (Å²) in [5.74, 6) is -0.275. The van der Waals surface area contributed by atoms with Crippen molar-refractivity contribution in [3.8, 4) is 0 Å². The van der Waals surface area contributed by atoms with Crippen molar-refractivity contribution in [1.29, 1.82) is 0 Å². The van der Waals surface area contributed by atoms with E-state index in [0.717, 1.165) is 12.1 Å². The van der Waals surface area contributed by atoms with Gasteiger partial charge in [-0.25, -0.2) is 0 Å². The van der Waals surface area contributed by atoms with Crippen molar-refractivity contribution >= 4 is 11.4 Å². The third kappa shape index (κ3) is 3.61. The van der Waals surface area contributed by atoms with Gasteiger partial charge in [-0.15, -0.1) is 0 Å². The summed E-state index contributed by atoms with van der Waals surface area (Å²) in [5.41, 5.74) is -0.233. The third-order valence-corrected chi connectivity index (χ3v) is 2.27. The maximum atomic E-state index is 12.6. The van der Waals surface area contributed by atoms with Crippen molar-refractivity contribution in [1.82, 2.24) is 4.90 Å². The molecule has 0 atom stereocenters. The maximum absolute atomic E-state index is 12.6. The van der Waals surface area contributed by atoms with Crippen LogP contribution in [0.1, 0.15) is 18.1 Å². The first kappa shape index (κ1) is 14.3. The van der Waals surface area contributed by atoms with Crippen LogP contribution in [0.4, 0.5) is 13.2 Å². The lowest BCUT2D eigenvalue weighted by molar-refractivity contribution is -0.137. The number of alkyl halides is 3. The fourth-order valence-corrected chi connectivity index (χ4v) is 1.49. The number of halogens is 3. The number of carbonyl (C=O) groups is 1. The van der Waals surface area contributed by atoms with E-state index in [1.54, 1.807) is 19.0 Å². The van der Waals surface area contributed by atoms with Gasteiger partial charge in [0.15, 0.2) is 5.78 Å². The van der Waals surface area contributed by atoms with Gasteiger partial charge in [-0.1, -0.05) is 12.1 Å². The topological polar surface area (TPSA) is 20.3 Å². The number of allylic oxidation sites excluding steroid dienone is 1. The molecule has 5 heteroatoms. The first-order valence-electron chi connectivity index (χ1n) is 5.28. The quantitative estimate of drug-likeness (QED) is 0.775. The number of Topliss-reactive ketones (excluding diaryl/α,β-unsaturated/α-hetero) is 1. The normalized spacial score (nSPS) is 12.4. The van der Waals surface area contributed by atoms with Gasteiger partial charge in [-0.05, 0) is 24.6 Å². The summed E-state index contributed by atoms with van der Waals surface area (Å²) in [4.78, 5) is 13.1. The van der Waals surface area contributed by atoms with Crippen LogP contribution < -0.4 is 0 Å². The Hall–Kier alpha value is -1.78. The SMILES string of the molecule is CC(=O)/C(=C\N(C)C)c1cccc(C(F)(F)F)c1. The van der Waals surface area contributed by atoms with E-state index in [4.69, 9.17) is 0 Å². The lowest BCUT2D eigenvalue weighted by atomic mass is 10.0. The molecule has 0 amide bonds. The molecule has 0 radical (unpaired) electrons. The fraction of sp³-hybridized carbons (Fsp3) is 0.308. The smallest absolute Gasteiger partial charge is 0.383 e. The Bertz CT molecular complexity index is 475. The lowest BCUT2D eigenvalue weighted by Crippen LogP contribution is -2.09. The maximum Gasteiger partial charge on any atom is 0.416 e. The highest BCUT2D eigenvalue weighted by Crippen LogP contribution is 2.31. The van der Waals surface area contributed by atoms with Crippen molar-refractivity contribution in [2.45, 2.75) is 13.1 Å². The first-order chi connectivity index (χ1) is 8.21. The Kier molecular flexibility index (Phi) is 4.16. The molecule has 18 heavy (non-hydrogen) atoms. The van der Waals surface area contributed by atoms with E-state index < -0.39 is 11.7 Å². The van der Waals surface area contributed by atoms with Crippen molar-refractivity contribution in [2.24, 2.45) is 0 Å². The first-order valence-corrected chi connectivity index (χ1v) is 5.28. The largest absolute Gasteiger partial charge is 0.416 e. The molecule has 2 nitrogen and oxygen atoms in total. The van der Waals surface area contributed by atoms with Crippen LogP contribution >= 0.6 is 0 Å². The molecule has 1 aromatic rings. The average Bonchev–Trinajstić information content (AvgIpc) is 2.24. The van der Waals surface area contributed by atoms with Gasteiger partial charge in [-0.3, -0.25) is 4.79 Å². The van der Waals surface area contributed by atoms with Crippen LogP contribution in [0.5, 0.6) is 0 Å². The predicted octanol–water partition coefficient (Wildman–Crippen LogP) is 3.20. The van der Waals surface area contributed by atoms with Crippen molar-refractivity contribution < 1.29 is 18.0 Å². The second-order valence-electron chi connectivity index (χ2n) is 4.14. The zero-order valence-corrected chi connectivity index (χ0v) is 10.4. The van der Waals surface area contributed by atoms with Gasteiger partial charge >= 0.3 is 6.18 Å². The Balaban J connectivity index is 3.27. The number of ketones is 1. The molecule has 0 aliphatic carbocycles. The predicted molar refractivity (Wildman–Crippen MR) is 63.8 cm³/mol. The highest BCUT2D eigenvalue weighted by Gasteiger charge is 2.30. The van der Waals surface area contributed by atoms with Crippen LogP contribution in [0.3, 0.4) is 0 Å². The van der Waals surface area contributed by atoms with E-state index >= 15 is 0 Å². The third-order valence-electron chi connectivity index (χ3n) is 2.27. The summed E-state index contributed by atoms with van der Waals surface area (Å²) in [6.07, 6.45) is -2.89. The number of nitrogens with zero attached hydrogens (tertiary/aromatic N) is 1. The van der Waals surface area contributed by atoms with E-state index in [1.165, 1.54) is 25.3 Å². The summed E-state index contributed by atoms with van der Waals surface area (Å²) >= 11 is 0. The van der Waals surface area contributed by atoms with E-state index in [9.17, 15) is 18.0 Å². The minimum absolute atomic E-state index is 0.256. The van der Waals surface area contributed by atoms with E-state index in [0.29, 0.717) is 0 Å². The van der Waals surface area contributed by atoms with Gasteiger partial charge in [0, 0.05) is 25.9 Å². The zero-order chi connectivity index (χ0) is 13.9. The number of hydrogen-bond acceptors (Lipinski definition) is 2. The molecule has 0 unspecified atom stereocenters. The van der Waals surface area contributed by atoms with Crippen molar-refractivity contribution in [3.05, 3.63) is 41.6 Å². The van der Waals surface area contributed by atoms with Crippen LogP contribution in [-0.2, 0) is 11.0 Å². The summed E-state index contributed by atoms with van der Waals surface area (Å²) in [6.45, 7) is 1.33. The zero-order valence-electron chi connectivity index (χ0n) is 10.4. The molecule has 0 aromatic heterocycles. The summed E-state index contributed by atoms with van der Waals surface area (Å²) in [6, 6.07) is 4.75. The monoisotopic (exact) mass is 257 g/mol. The fourth-order valence-electron chi connectivity index (χ4n) is 1.49. The van der Waals surface area contributed by atoms with Gasteiger partial charge in [0.1, 0.15) is 0 Å². The molecular weight excluding hydrogens is 243 g/mol. The van der Waals surface area contributed by atoms with E-state index in [-0.39, 0.29) is 16.9 Å². The number of carbonyl (C=O) groups excluding carboxylic acids is 1. The van der Waals surface area contributed by atoms with Gasteiger partial charge < -0.3 is 4.90 Å². The van der Waals surface area contributed by atoms with Gasteiger partial charge in [0.2, 0.25) is 0 Å². The highest BCUT2D eigenvalue weighted by molar-refractivity contribution is 6.19. The van der Waals surface area contributed by atoms with Crippen LogP contribution in [0.15, 0.2) is 30.5 Å². The number of benzene rings is 1. The van der Waals surface area contributed by atoms with Crippen LogP contribution in [-0.4, -0.2) is 24.8 Å². The number of hydrogen-bond donors (Lipinski definition) is 0. The molecule has 0 N–H and O–H groups in total. The molecule has 0 saturated carbocycles. The summed E-state index contributed by atoms with van der Waals surface area (Å²) < 4.78 is 37.7. The molecule has 0 aliphatic rings. The van der Waals surface area contributed by atoms with Gasteiger partial charge in [-0.2, -0.15) is 13.2 Å². The second kappa shape index (κ2) is 5.25. The highest BCUT2D eigenvalue weighted by atomic mass is 19.4. The molecule has 0 spiro atoms. The van der Waals surface area contributed by atoms with Crippen LogP contribution in [0, 0.1) is 0 Å². The van der Waals surface area contributed by atoms with E-state index in [1.807, 2.05) is 0 Å². The molecule has 0 heterocycles. The molecule has 0 aliphatic heterocycles. The molecule has 1 aromatic carbocycles. The Labute approximate surface area is 104 Å². The summed E-state index contributed by atoms with van der Waals surface area (Å²) in [5, 5.41) is 0. The Morgan fingerprint density at radius 1 is 1.28 bits per heavy atom. The van der Waals surface area contributed by atoms with Crippen LogP contribution in [0.25, 0.3) is 5.57 Å². The molecule has 1 rings (SSSR count). The van der Waals surface area contributed by atoms with Crippen molar-refractivity contribution in [3.63, 3.8) is 0 Å². The lowest BCUT2D eigenvalue weighted by Gasteiger charge is -2.12. The molecule has 98 valence electrons. The minimum atomic E-state index is -4.41. The van der Waals surface area contributed by atoms with E-state index in [2.05, 4.69) is 0 Å². The molecule has 0 fully saturated rings. The Morgan fingerprint density at radius 3 is 2.33 bits per heavy atom. The average molecular weight is 257 g/mol. The van der Waals surface area contributed by atoms with Gasteiger partial charge in [0.05, 0.1) is 5.56 Å². The van der Waals surface area contributed by atoms with Crippen molar-refractivity contribution in [2.75, 3.05) is 14.1 Å². The molecule has 0 bridgehead atoms.